The van der Waals surface area contributed by atoms with Crippen molar-refractivity contribution in [3.8, 4) is 0 Å². The minimum absolute atomic E-state index is 0.182. The number of amides is 2. The predicted octanol–water partition coefficient (Wildman–Crippen LogP) is 2.19. The highest BCUT2D eigenvalue weighted by molar-refractivity contribution is 9.10. The Morgan fingerprint density at radius 2 is 1.90 bits per heavy atom. The zero-order chi connectivity index (χ0) is 21.3. The Hall–Kier alpha value is -1.97. The van der Waals surface area contributed by atoms with Gasteiger partial charge in [0.25, 0.3) is 5.91 Å². The summed E-state index contributed by atoms with van der Waals surface area (Å²) in [7, 11) is 0. The van der Waals surface area contributed by atoms with Gasteiger partial charge in [-0.2, -0.15) is 0 Å². The van der Waals surface area contributed by atoms with Crippen molar-refractivity contribution in [2.75, 3.05) is 26.2 Å². The number of nitrogens with one attached hydrogen (secondary N) is 2. The molecule has 0 unspecified atom stereocenters. The van der Waals surface area contributed by atoms with Gasteiger partial charge in [0, 0.05) is 30.4 Å². The van der Waals surface area contributed by atoms with Crippen LogP contribution in [0.2, 0.25) is 0 Å². The number of carbonyl (C=O) groups is 2. The molecule has 2 saturated heterocycles. The number of aromatic nitrogens is 1. The zero-order valence-corrected chi connectivity index (χ0v) is 18.6. The van der Waals surface area contributed by atoms with Crippen LogP contribution in [0.15, 0.2) is 19.8 Å². The molecule has 0 saturated carbocycles. The third kappa shape index (κ3) is 3.86. The lowest BCUT2D eigenvalue weighted by Crippen LogP contribution is -2.63. The number of quaternary nitrogens is 1. The van der Waals surface area contributed by atoms with Gasteiger partial charge in [-0.25, -0.2) is 9.59 Å². The van der Waals surface area contributed by atoms with Crippen LogP contribution in [-0.4, -0.2) is 53.5 Å². The van der Waals surface area contributed by atoms with Crippen molar-refractivity contribution in [2.24, 2.45) is 5.73 Å². The Morgan fingerprint density at radius 3 is 2.57 bits per heavy atom. The molecule has 2 aromatic rings. The van der Waals surface area contributed by atoms with Crippen molar-refractivity contribution < 1.29 is 18.5 Å². The first kappa shape index (κ1) is 21.3. The predicted molar refractivity (Wildman–Crippen MR) is 116 cm³/mol. The first-order valence-electron chi connectivity index (χ1n) is 10.7. The van der Waals surface area contributed by atoms with E-state index in [-0.39, 0.29) is 22.6 Å². The van der Waals surface area contributed by atoms with Gasteiger partial charge in [-0.1, -0.05) is 0 Å². The first-order valence-corrected chi connectivity index (χ1v) is 11.5. The number of oxazole rings is 1. The number of nitrogens with zero attached hydrogens (tertiary/aromatic N) is 1. The van der Waals surface area contributed by atoms with Crippen LogP contribution in [0.25, 0.3) is 11.1 Å². The number of fused-ring (bicyclic) bond motifs is 1. The molecule has 30 heavy (non-hydrogen) atoms. The van der Waals surface area contributed by atoms with E-state index in [2.05, 4.69) is 26.2 Å². The fourth-order valence-electron chi connectivity index (χ4n) is 5.19. The van der Waals surface area contributed by atoms with Gasteiger partial charge in [0.2, 0.25) is 0 Å². The maximum atomic E-state index is 13.6. The molecule has 2 aliphatic rings. The molecule has 3 heterocycles. The summed E-state index contributed by atoms with van der Waals surface area (Å²) in [6.07, 6.45) is 6.26. The normalized spacial score (nSPS) is 19.8. The van der Waals surface area contributed by atoms with Gasteiger partial charge < -0.3 is 15.5 Å². The quantitative estimate of drug-likeness (QED) is 0.567. The van der Waals surface area contributed by atoms with Crippen molar-refractivity contribution in [3.63, 3.8) is 0 Å². The third-order valence-corrected chi connectivity index (χ3v) is 7.61. The van der Waals surface area contributed by atoms with Gasteiger partial charge in [-0.05, 0) is 53.2 Å². The molecular weight excluding hydrogens is 452 g/mol. The van der Waals surface area contributed by atoms with Crippen LogP contribution in [0.3, 0.4) is 0 Å². The number of rotatable bonds is 5. The summed E-state index contributed by atoms with van der Waals surface area (Å²) >= 11 is 3.46. The number of benzene rings is 1. The Kier molecular flexibility index (Phi) is 6.13. The third-order valence-electron chi connectivity index (χ3n) is 6.71. The second kappa shape index (κ2) is 8.64. The number of aryl methyl sites for hydroxylation is 1. The minimum atomic E-state index is -0.661. The van der Waals surface area contributed by atoms with E-state index in [9.17, 15) is 14.4 Å². The maximum Gasteiger partial charge on any atom is 0.417 e. The number of halogens is 1. The summed E-state index contributed by atoms with van der Waals surface area (Å²) < 4.78 is 6.26. The van der Waals surface area contributed by atoms with Gasteiger partial charge in [-0.3, -0.25) is 14.3 Å². The number of aromatic amines is 1. The molecule has 2 aliphatic heterocycles. The summed E-state index contributed by atoms with van der Waals surface area (Å²) in [4.78, 5) is 39.7. The standard InChI is InChI=1S/C21H27BrN4O4/c22-18-13(12-15-19(17(18)20(23)28)25-21(29)30-15)4-5-16(27)26(10-2-1-3-11-26)14-6-8-24-9-7-14/h12,14,24H,1-11H2,(H2-,23,25,28,29)/p+1. The molecule has 1 aromatic carbocycles. The van der Waals surface area contributed by atoms with Crippen LogP contribution in [0.4, 0.5) is 0 Å². The molecule has 162 valence electrons. The number of primary amides is 1. The van der Waals surface area contributed by atoms with Crippen molar-refractivity contribution in [3.05, 3.63) is 32.2 Å². The van der Waals surface area contributed by atoms with E-state index in [0.29, 0.717) is 27.8 Å². The van der Waals surface area contributed by atoms with Crippen molar-refractivity contribution in [1.82, 2.24) is 10.3 Å². The van der Waals surface area contributed by atoms with E-state index in [1.807, 2.05) is 0 Å². The van der Waals surface area contributed by atoms with Crippen LogP contribution in [0, 0.1) is 0 Å². The Bertz CT molecular complexity index is 1020. The summed E-state index contributed by atoms with van der Waals surface area (Å²) in [5.41, 5.74) is 7.03. The van der Waals surface area contributed by atoms with Crippen LogP contribution in [0.1, 0.15) is 54.4 Å². The number of piperidine rings is 2. The molecular formula is C21H28BrN4O4+. The summed E-state index contributed by atoms with van der Waals surface area (Å²) in [5.74, 6) is -1.03. The topological polar surface area (TPSA) is 118 Å². The highest BCUT2D eigenvalue weighted by Gasteiger charge is 2.44. The summed E-state index contributed by atoms with van der Waals surface area (Å²) in [6, 6.07) is 2.09. The number of nitrogens with two attached hydrogens (primary N) is 1. The summed E-state index contributed by atoms with van der Waals surface area (Å²) in [5, 5.41) is 3.40. The lowest BCUT2D eigenvalue weighted by atomic mass is 9.94. The molecule has 4 rings (SSSR count). The molecule has 1 aromatic heterocycles. The molecule has 0 aliphatic carbocycles. The van der Waals surface area contributed by atoms with E-state index in [4.69, 9.17) is 10.2 Å². The average Bonchev–Trinajstić information content (AvgIpc) is 3.12. The molecule has 4 N–H and O–H groups in total. The molecule has 0 bridgehead atoms. The van der Waals surface area contributed by atoms with Gasteiger partial charge in [0.05, 0.1) is 31.1 Å². The van der Waals surface area contributed by atoms with E-state index in [1.165, 1.54) is 6.42 Å². The van der Waals surface area contributed by atoms with Crippen molar-refractivity contribution in [2.45, 2.75) is 51.0 Å². The Morgan fingerprint density at radius 1 is 1.20 bits per heavy atom. The fraction of sp³-hybridized carbons (Fsp3) is 0.571. The maximum absolute atomic E-state index is 13.6. The van der Waals surface area contributed by atoms with Crippen LogP contribution in [-0.2, 0) is 11.2 Å². The number of carbonyl (C=O) groups excluding carboxylic acids is 2. The van der Waals surface area contributed by atoms with Crippen LogP contribution < -0.4 is 16.8 Å². The molecule has 0 atom stereocenters. The van der Waals surface area contributed by atoms with Crippen LogP contribution in [0.5, 0.6) is 0 Å². The average molecular weight is 480 g/mol. The van der Waals surface area contributed by atoms with E-state index in [1.54, 1.807) is 6.07 Å². The zero-order valence-electron chi connectivity index (χ0n) is 17.0. The second-order valence-electron chi connectivity index (χ2n) is 8.39. The summed E-state index contributed by atoms with van der Waals surface area (Å²) in [6.45, 7) is 3.77. The molecule has 2 amide bonds. The minimum Gasteiger partial charge on any atom is -0.408 e. The van der Waals surface area contributed by atoms with Crippen molar-refractivity contribution >= 4 is 38.8 Å². The highest BCUT2D eigenvalue weighted by Crippen LogP contribution is 2.32. The van der Waals surface area contributed by atoms with Gasteiger partial charge in [0.15, 0.2) is 5.58 Å². The monoisotopic (exact) mass is 479 g/mol. The second-order valence-corrected chi connectivity index (χ2v) is 9.19. The lowest BCUT2D eigenvalue weighted by molar-refractivity contribution is -0.885. The smallest absolute Gasteiger partial charge is 0.408 e. The number of H-pyrrole nitrogens is 1. The fourth-order valence-corrected chi connectivity index (χ4v) is 5.90. The molecule has 0 spiro atoms. The van der Waals surface area contributed by atoms with Crippen molar-refractivity contribution in [1.29, 1.82) is 0 Å². The molecule has 9 heteroatoms. The van der Waals surface area contributed by atoms with Gasteiger partial charge >= 0.3 is 11.7 Å². The number of hydrogen-bond donors (Lipinski definition) is 3. The van der Waals surface area contributed by atoms with Gasteiger partial charge in [-0.15, -0.1) is 0 Å². The first-order chi connectivity index (χ1) is 14.4. The van der Waals surface area contributed by atoms with Gasteiger partial charge in [0.1, 0.15) is 5.52 Å². The molecule has 0 radical (unpaired) electrons. The number of likely N-dealkylation sites (tertiary alicyclic amines) is 1. The Balaban J connectivity index is 1.60. The lowest BCUT2D eigenvalue weighted by Gasteiger charge is -2.46. The van der Waals surface area contributed by atoms with E-state index in [0.717, 1.165) is 57.4 Å². The molecule has 2 fully saturated rings. The Labute approximate surface area is 182 Å². The van der Waals surface area contributed by atoms with E-state index < -0.39 is 11.7 Å². The number of hydrogen-bond acceptors (Lipinski definition) is 5. The largest absolute Gasteiger partial charge is 0.417 e. The SMILES string of the molecule is NC(=O)c1c(Br)c(CCC(=O)[N+]2(C3CCNCC3)CCCCC2)cc2oc(=O)[nH]c12. The van der Waals surface area contributed by atoms with E-state index >= 15 is 0 Å². The molecule has 8 nitrogen and oxygen atoms in total. The highest BCUT2D eigenvalue weighted by atomic mass is 79.9. The van der Waals surface area contributed by atoms with Crippen LogP contribution >= 0.6 is 15.9 Å².